The van der Waals surface area contributed by atoms with Gasteiger partial charge in [-0.05, 0) is 24.5 Å². The molecule has 2 nitrogen and oxygen atoms in total. The van der Waals surface area contributed by atoms with Crippen LogP contribution in [0, 0.1) is 5.92 Å². The zero-order chi connectivity index (χ0) is 12.3. The average molecular weight is 297 g/mol. The van der Waals surface area contributed by atoms with Gasteiger partial charge in [-0.15, -0.1) is 0 Å². The van der Waals surface area contributed by atoms with Gasteiger partial charge in [0, 0.05) is 23.4 Å². The molecule has 2 atom stereocenters. The van der Waals surface area contributed by atoms with Crippen molar-refractivity contribution in [2.45, 2.75) is 32.3 Å². The number of benzene rings is 1. The van der Waals surface area contributed by atoms with Crippen molar-refractivity contribution in [3.8, 4) is 0 Å². The molecule has 0 bridgehead atoms. The summed E-state index contributed by atoms with van der Waals surface area (Å²) in [5.74, 6) is 0.397. The highest BCUT2D eigenvalue weighted by Gasteiger charge is 2.32. The van der Waals surface area contributed by atoms with Crippen molar-refractivity contribution in [1.82, 2.24) is 0 Å². The molecule has 0 aromatic heterocycles. The minimum absolute atomic E-state index is 0.0899. The second-order valence-electron chi connectivity index (χ2n) is 4.45. The van der Waals surface area contributed by atoms with E-state index in [1.54, 1.807) is 0 Å². The number of carbonyl (C=O) groups excluding carboxylic acids is 1. The molecule has 0 aliphatic carbocycles. The van der Waals surface area contributed by atoms with Crippen LogP contribution in [-0.2, 0) is 16.0 Å². The van der Waals surface area contributed by atoms with Gasteiger partial charge >= 0.3 is 0 Å². The van der Waals surface area contributed by atoms with E-state index in [0.29, 0.717) is 12.2 Å². The Bertz CT molecular complexity index is 403. The normalized spacial score (nSPS) is 23.9. The second kappa shape index (κ2) is 5.78. The van der Waals surface area contributed by atoms with Gasteiger partial charge in [0.15, 0.2) is 0 Å². The van der Waals surface area contributed by atoms with Crippen LogP contribution < -0.4 is 0 Å². The number of carbonyl (C=O) groups is 1. The van der Waals surface area contributed by atoms with Crippen LogP contribution >= 0.6 is 15.9 Å². The molecule has 0 saturated carbocycles. The lowest BCUT2D eigenvalue weighted by molar-refractivity contribution is -0.123. The van der Waals surface area contributed by atoms with Crippen LogP contribution in [0.3, 0.4) is 0 Å². The first-order valence-electron chi connectivity index (χ1n) is 6.10. The number of halogens is 1. The van der Waals surface area contributed by atoms with Gasteiger partial charge < -0.3 is 4.74 Å². The van der Waals surface area contributed by atoms with E-state index in [1.807, 2.05) is 24.3 Å². The van der Waals surface area contributed by atoms with E-state index in [0.717, 1.165) is 29.5 Å². The summed E-state index contributed by atoms with van der Waals surface area (Å²) >= 11 is 3.48. The Labute approximate surface area is 110 Å². The molecule has 1 aromatic carbocycles. The predicted octanol–water partition coefficient (Wildman–Crippen LogP) is 3.38. The van der Waals surface area contributed by atoms with Crippen LogP contribution in [0.15, 0.2) is 28.7 Å². The maximum Gasteiger partial charge on any atom is 0.143 e. The summed E-state index contributed by atoms with van der Waals surface area (Å²) in [6.45, 7) is 2.81. The van der Waals surface area contributed by atoms with E-state index in [1.165, 1.54) is 0 Å². The van der Waals surface area contributed by atoms with Crippen LogP contribution in [0.2, 0.25) is 0 Å². The van der Waals surface area contributed by atoms with Gasteiger partial charge in [0.25, 0.3) is 0 Å². The van der Waals surface area contributed by atoms with Gasteiger partial charge in [-0.3, -0.25) is 4.79 Å². The number of Topliss-reactive ketones (excluding diaryl/α,β-unsaturated/α-hetero) is 1. The summed E-state index contributed by atoms with van der Waals surface area (Å²) in [6.07, 6.45) is 2.44. The molecule has 0 radical (unpaired) electrons. The second-order valence-corrected chi connectivity index (χ2v) is 5.30. The molecule has 92 valence electrons. The molecule has 1 aliphatic heterocycles. The Hall–Kier alpha value is -0.670. The molecule has 2 rings (SSSR count). The molecule has 2 unspecified atom stereocenters. The third-order valence-corrected chi connectivity index (χ3v) is 4.12. The molecule has 1 saturated heterocycles. The Kier molecular flexibility index (Phi) is 4.35. The van der Waals surface area contributed by atoms with Crippen molar-refractivity contribution in [2.24, 2.45) is 5.92 Å². The molecule has 1 aromatic rings. The summed E-state index contributed by atoms with van der Waals surface area (Å²) in [4.78, 5) is 12.2. The van der Waals surface area contributed by atoms with Gasteiger partial charge in [0.05, 0.1) is 6.10 Å². The first kappa shape index (κ1) is 12.8. The fraction of sp³-hybridized carbons (Fsp3) is 0.500. The quantitative estimate of drug-likeness (QED) is 0.851. The third-order valence-electron chi connectivity index (χ3n) is 3.35. The summed E-state index contributed by atoms with van der Waals surface area (Å²) in [5, 5.41) is 0. The first-order valence-corrected chi connectivity index (χ1v) is 6.89. The van der Waals surface area contributed by atoms with Crippen LogP contribution in [0.5, 0.6) is 0 Å². The summed E-state index contributed by atoms with van der Waals surface area (Å²) in [7, 11) is 0. The smallest absolute Gasteiger partial charge is 0.143 e. The summed E-state index contributed by atoms with van der Waals surface area (Å²) < 4.78 is 6.59. The SMILES string of the molecule is CCC1OCCC1C(=O)Cc1ccccc1Br. The van der Waals surface area contributed by atoms with Crippen molar-refractivity contribution >= 4 is 21.7 Å². The average Bonchev–Trinajstić information content (AvgIpc) is 2.80. The van der Waals surface area contributed by atoms with Crippen molar-refractivity contribution in [3.05, 3.63) is 34.3 Å². The van der Waals surface area contributed by atoms with Crippen molar-refractivity contribution < 1.29 is 9.53 Å². The van der Waals surface area contributed by atoms with Crippen LogP contribution in [0.4, 0.5) is 0 Å². The fourth-order valence-corrected chi connectivity index (χ4v) is 2.80. The van der Waals surface area contributed by atoms with E-state index < -0.39 is 0 Å². The predicted molar refractivity (Wildman–Crippen MR) is 71.0 cm³/mol. The topological polar surface area (TPSA) is 26.3 Å². The van der Waals surface area contributed by atoms with Crippen LogP contribution in [-0.4, -0.2) is 18.5 Å². The van der Waals surface area contributed by atoms with Crippen molar-refractivity contribution in [3.63, 3.8) is 0 Å². The van der Waals surface area contributed by atoms with Gasteiger partial charge in [0.2, 0.25) is 0 Å². The molecule has 0 spiro atoms. The Morgan fingerprint density at radius 2 is 2.24 bits per heavy atom. The Morgan fingerprint density at radius 1 is 1.47 bits per heavy atom. The van der Waals surface area contributed by atoms with E-state index in [2.05, 4.69) is 22.9 Å². The van der Waals surface area contributed by atoms with Gasteiger partial charge in [-0.1, -0.05) is 41.1 Å². The molecule has 17 heavy (non-hydrogen) atoms. The molecule has 0 amide bonds. The minimum atomic E-state index is 0.0899. The highest BCUT2D eigenvalue weighted by atomic mass is 79.9. The number of hydrogen-bond acceptors (Lipinski definition) is 2. The molecular formula is C14H17BrO2. The van der Waals surface area contributed by atoms with Crippen LogP contribution in [0.25, 0.3) is 0 Å². The lowest BCUT2D eigenvalue weighted by atomic mass is 9.91. The highest BCUT2D eigenvalue weighted by molar-refractivity contribution is 9.10. The molecule has 0 N–H and O–H groups in total. The zero-order valence-electron chi connectivity index (χ0n) is 9.99. The molecule has 1 aliphatic rings. The van der Waals surface area contributed by atoms with Crippen LogP contribution in [0.1, 0.15) is 25.3 Å². The van der Waals surface area contributed by atoms with Crippen molar-refractivity contribution in [1.29, 1.82) is 0 Å². The lowest BCUT2D eigenvalue weighted by Crippen LogP contribution is -2.25. The zero-order valence-corrected chi connectivity index (χ0v) is 11.6. The Morgan fingerprint density at radius 3 is 2.94 bits per heavy atom. The fourth-order valence-electron chi connectivity index (χ4n) is 2.38. The molecular weight excluding hydrogens is 280 g/mol. The van der Waals surface area contributed by atoms with Gasteiger partial charge in [0.1, 0.15) is 5.78 Å². The van der Waals surface area contributed by atoms with E-state index in [4.69, 9.17) is 4.74 Å². The van der Waals surface area contributed by atoms with Gasteiger partial charge in [-0.25, -0.2) is 0 Å². The molecule has 3 heteroatoms. The van der Waals surface area contributed by atoms with E-state index >= 15 is 0 Å². The maximum absolute atomic E-state index is 12.2. The monoisotopic (exact) mass is 296 g/mol. The number of ether oxygens (including phenoxy) is 1. The first-order chi connectivity index (χ1) is 8.22. The molecule has 1 heterocycles. The van der Waals surface area contributed by atoms with Crippen molar-refractivity contribution in [2.75, 3.05) is 6.61 Å². The third kappa shape index (κ3) is 2.96. The van der Waals surface area contributed by atoms with E-state index in [9.17, 15) is 4.79 Å². The number of rotatable bonds is 4. The maximum atomic E-state index is 12.2. The summed E-state index contributed by atoms with van der Waals surface area (Å²) in [6, 6.07) is 7.91. The largest absolute Gasteiger partial charge is 0.377 e. The van der Waals surface area contributed by atoms with E-state index in [-0.39, 0.29) is 12.0 Å². The Balaban J connectivity index is 2.04. The minimum Gasteiger partial charge on any atom is -0.377 e. The lowest BCUT2D eigenvalue weighted by Gasteiger charge is -2.15. The standard InChI is InChI=1S/C14H17BrO2/c1-2-14-11(7-8-17-14)13(16)9-10-5-3-4-6-12(10)15/h3-6,11,14H,2,7-9H2,1H3. The molecule has 1 fully saturated rings. The number of hydrogen-bond donors (Lipinski definition) is 0. The van der Waals surface area contributed by atoms with Gasteiger partial charge in [-0.2, -0.15) is 0 Å². The summed E-state index contributed by atoms with van der Waals surface area (Å²) in [5.41, 5.74) is 1.07. The highest BCUT2D eigenvalue weighted by Crippen LogP contribution is 2.26. The number of ketones is 1.